The summed E-state index contributed by atoms with van der Waals surface area (Å²) < 4.78 is 0. The van der Waals surface area contributed by atoms with Crippen molar-refractivity contribution in [3.63, 3.8) is 0 Å². The van der Waals surface area contributed by atoms with Gasteiger partial charge < -0.3 is 11.1 Å². The molecule has 2 fully saturated rings. The van der Waals surface area contributed by atoms with E-state index in [-0.39, 0.29) is 11.8 Å². The molecule has 2 unspecified atom stereocenters. The second-order valence-electron chi connectivity index (χ2n) is 7.55. The maximum absolute atomic E-state index is 12.7. The van der Waals surface area contributed by atoms with E-state index >= 15 is 0 Å². The van der Waals surface area contributed by atoms with Crippen molar-refractivity contribution in [2.24, 2.45) is 23.5 Å². The van der Waals surface area contributed by atoms with Crippen LogP contribution in [0.5, 0.6) is 0 Å². The summed E-state index contributed by atoms with van der Waals surface area (Å²) in [6.45, 7) is 0.609. The van der Waals surface area contributed by atoms with E-state index in [0.29, 0.717) is 24.4 Å². The highest BCUT2D eigenvalue weighted by Gasteiger charge is 2.40. The predicted octanol–water partition coefficient (Wildman–Crippen LogP) is 3.61. The molecule has 3 N–H and O–H groups in total. The monoisotopic (exact) mass is 322 g/mol. The Hall–Kier alpha value is -1.87. The highest BCUT2D eigenvalue weighted by molar-refractivity contribution is 5.86. The average Bonchev–Trinajstić information content (AvgIpc) is 2.59. The lowest BCUT2D eigenvalue weighted by Crippen LogP contribution is -2.49. The molecule has 0 aliphatic heterocycles. The standard InChI is InChI=1S/C21H26N2O/c22-20-15-7-4-8-16(20)12-18(11-15)21(24)23-13-17-9-3-6-14-5-1-2-10-19(14)17/h1-3,5-6,9-10,15-16,18,20H,4,7-8,11-13,22H2,(H,23,24). The number of nitrogens with two attached hydrogens (primary N) is 1. The van der Waals surface area contributed by atoms with E-state index in [1.54, 1.807) is 0 Å². The average molecular weight is 322 g/mol. The lowest BCUT2D eigenvalue weighted by atomic mass is 9.65. The van der Waals surface area contributed by atoms with Gasteiger partial charge in [0, 0.05) is 18.5 Å². The lowest BCUT2D eigenvalue weighted by molar-refractivity contribution is -0.128. The molecule has 2 aliphatic carbocycles. The van der Waals surface area contributed by atoms with Gasteiger partial charge in [-0.25, -0.2) is 0 Å². The third kappa shape index (κ3) is 2.93. The summed E-state index contributed by atoms with van der Waals surface area (Å²) in [6.07, 6.45) is 5.63. The smallest absolute Gasteiger partial charge is 0.223 e. The molecule has 24 heavy (non-hydrogen) atoms. The first-order valence-corrected chi connectivity index (χ1v) is 9.22. The molecule has 2 atom stereocenters. The first kappa shape index (κ1) is 15.6. The normalized spacial score (nSPS) is 29.4. The minimum Gasteiger partial charge on any atom is -0.352 e. The van der Waals surface area contributed by atoms with Gasteiger partial charge in [0.25, 0.3) is 0 Å². The number of carbonyl (C=O) groups excluding carboxylic acids is 1. The van der Waals surface area contributed by atoms with Crippen molar-refractivity contribution >= 4 is 16.7 Å². The molecular formula is C21H26N2O. The van der Waals surface area contributed by atoms with Crippen LogP contribution in [-0.4, -0.2) is 11.9 Å². The van der Waals surface area contributed by atoms with Gasteiger partial charge in [-0.3, -0.25) is 4.79 Å². The highest BCUT2D eigenvalue weighted by Crippen LogP contribution is 2.41. The maximum atomic E-state index is 12.7. The zero-order valence-electron chi connectivity index (χ0n) is 14.1. The lowest BCUT2D eigenvalue weighted by Gasteiger charge is -2.43. The molecular weight excluding hydrogens is 296 g/mol. The fraction of sp³-hybridized carbons (Fsp3) is 0.476. The van der Waals surface area contributed by atoms with Gasteiger partial charge in [-0.05, 0) is 53.9 Å². The molecule has 2 aromatic rings. The molecule has 0 heterocycles. The second kappa shape index (κ2) is 6.56. The fourth-order valence-corrected chi connectivity index (χ4v) is 4.78. The van der Waals surface area contributed by atoms with Crippen LogP contribution in [0, 0.1) is 17.8 Å². The summed E-state index contributed by atoms with van der Waals surface area (Å²) in [7, 11) is 0. The molecule has 0 aromatic heterocycles. The van der Waals surface area contributed by atoms with Crippen molar-refractivity contribution in [3.8, 4) is 0 Å². The topological polar surface area (TPSA) is 55.1 Å². The van der Waals surface area contributed by atoms with Crippen molar-refractivity contribution in [3.05, 3.63) is 48.0 Å². The van der Waals surface area contributed by atoms with E-state index in [9.17, 15) is 4.79 Å². The van der Waals surface area contributed by atoms with Crippen LogP contribution in [0.2, 0.25) is 0 Å². The highest BCUT2D eigenvalue weighted by atomic mass is 16.1. The van der Waals surface area contributed by atoms with E-state index in [1.165, 1.54) is 35.6 Å². The Morgan fingerprint density at radius 2 is 1.75 bits per heavy atom. The van der Waals surface area contributed by atoms with E-state index in [0.717, 1.165) is 12.8 Å². The Labute approximate surface area is 143 Å². The van der Waals surface area contributed by atoms with E-state index < -0.39 is 0 Å². The van der Waals surface area contributed by atoms with Crippen molar-refractivity contribution in [1.29, 1.82) is 0 Å². The van der Waals surface area contributed by atoms with Crippen LogP contribution < -0.4 is 11.1 Å². The Balaban J connectivity index is 1.43. The first-order valence-electron chi connectivity index (χ1n) is 9.22. The summed E-state index contributed by atoms with van der Waals surface area (Å²) in [5, 5.41) is 5.63. The van der Waals surface area contributed by atoms with Gasteiger partial charge in [0.2, 0.25) is 5.91 Å². The van der Waals surface area contributed by atoms with Crippen LogP contribution in [0.15, 0.2) is 42.5 Å². The van der Waals surface area contributed by atoms with Gasteiger partial charge in [-0.1, -0.05) is 48.9 Å². The largest absolute Gasteiger partial charge is 0.352 e. The van der Waals surface area contributed by atoms with Gasteiger partial charge in [-0.15, -0.1) is 0 Å². The number of nitrogens with one attached hydrogen (secondary N) is 1. The van der Waals surface area contributed by atoms with E-state index in [2.05, 4.69) is 47.8 Å². The molecule has 2 bridgehead atoms. The third-order valence-electron chi connectivity index (χ3n) is 6.12. The maximum Gasteiger partial charge on any atom is 0.223 e. The summed E-state index contributed by atoms with van der Waals surface area (Å²) in [4.78, 5) is 12.7. The van der Waals surface area contributed by atoms with Crippen LogP contribution in [0.3, 0.4) is 0 Å². The Kier molecular flexibility index (Phi) is 4.28. The van der Waals surface area contributed by atoms with Crippen LogP contribution in [0.1, 0.15) is 37.7 Å². The zero-order chi connectivity index (χ0) is 16.5. The molecule has 4 rings (SSSR count). The molecule has 0 spiro atoms. The molecule has 2 aliphatic rings. The van der Waals surface area contributed by atoms with Crippen LogP contribution in [-0.2, 0) is 11.3 Å². The molecule has 2 saturated carbocycles. The van der Waals surface area contributed by atoms with Crippen LogP contribution in [0.25, 0.3) is 10.8 Å². The minimum atomic E-state index is 0.148. The summed E-state index contributed by atoms with van der Waals surface area (Å²) in [5.41, 5.74) is 7.53. The number of fused-ring (bicyclic) bond motifs is 3. The molecule has 3 heteroatoms. The van der Waals surface area contributed by atoms with E-state index in [4.69, 9.17) is 5.73 Å². The number of rotatable bonds is 3. The van der Waals surface area contributed by atoms with Crippen LogP contribution >= 0.6 is 0 Å². The molecule has 0 radical (unpaired) electrons. The number of benzene rings is 2. The van der Waals surface area contributed by atoms with Gasteiger partial charge in [-0.2, -0.15) is 0 Å². The molecule has 126 valence electrons. The van der Waals surface area contributed by atoms with E-state index in [1.807, 2.05) is 0 Å². The van der Waals surface area contributed by atoms with Gasteiger partial charge in [0.1, 0.15) is 0 Å². The quantitative estimate of drug-likeness (QED) is 0.907. The molecule has 3 nitrogen and oxygen atoms in total. The van der Waals surface area contributed by atoms with Crippen LogP contribution in [0.4, 0.5) is 0 Å². The Morgan fingerprint density at radius 1 is 1.04 bits per heavy atom. The summed E-state index contributed by atoms with van der Waals surface area (Å²) >= 11 is 0. The third-order valence-corrected chi connectivity index (χ3v) is 6.12. The summed E-state index contributed by atoms with van der Waals surface area (Å²) in [6, 6.07) is 14.9. The van der Waals surface area contributed by atoms with Gasteiger partial charge in [0.05, 0.1) is 0 Å². The van der Waals surface area contributed by atoms with Gasteiger partial charge in [0.15, 0.2) is 0 Å². The summed E-state index contributed by atoms with van der Waals surface area (Å²) in [5.74, 6) is 1.46. The molecule has 0 saturated heterocycles. The Bertz CT molecular complexity index is 722. The van der Waals surface area contributed by atoms with Crippen molar-refractivity contribution < 1.29 is 4.79 Å². The Morgan fingerprint density at radius 3 is 2.54 bits per heavy atom. The minimum absolute atomic E-state index is 0.148. The molecule has 2 aromatic carbocycles. The molecule has 1 amide bonds. The van der Waals surface area contributed by atoms with Crippen molar-refractivity contribution in [1.82, 2.24) is 5.32 Å². The van der Waals surface area contributed by atoms with Gasteiger partial charge >= 0.3 is 0 Å². The fourth-order valence-electron chi connectivity index (χ4n) is 4.78. The van der Waals surface area contributed by atoms with Crippen molar-refractivity contribution in [2.45, 2.75) is 44.7 Å². The van der Waals surface area contributed by atoms with Crippen molar-refractivity contribution in [2.75, 3.05) is 0 Å². The zero-order valence-corrected chi connectivity index (χ0v) is 14.1. The SMILES string of the molecule is NC1C2CCCC1CC(C(=O)NCc1cccc3ccccc13)C2. The number of hydrogen-bond acceptors (Lipinski definition) is 2. The number of hydrogen-bond donors (Lipinski definition) is 2. The number of carbonyl (C=O) groups is 1. The predicted molar refractivity (Wildman–Crippen MR) is 97.3 cm³/mol. The number of amides is 1. The second-order valence-corrected chi connectivity index (χ2v) is 7.55. The first-order chi connectivity index (χ1) is 11.7.